The number of ether oxygens (including phenoxy) is 1. The van der Waals surface area contributed by atoms with Gasteiger partial charge in [-0.15, -0.1) is 5.10 Å². The minimum atomic E-state index is -0.237. The topological polar surface area (TPSA) is 69.0 Å². The van der Waals surface area contributed by atoms with E-state index in [0.29, 0.717) is 17.4 Å². The third-order valence-electron chi connectivity index (χ3n) is 4.07. The minimum Gasteiger partial charge on any atom is -0.479 e. The van der Waals surface area contributed by atoms with E-state index < -0.39 is 0 Å². The van der Waals surface area contributed by atoms with Crippen molar-refractivity contribution in [2.45, 2.75) is 38.3 Å². The van der Waals surface area contributed by atoms with Crippen LogP contribution in [0.3, 0.4) is 0 Å². The summed E-state index contributed by atoms with van der Waals surface area (Å²) in [6.45, 7) is 0.395. The summed E-state index contributed by atoms with van der Waals surface area (Å²) >= 11 is 6.17. The Labute approximate surface area is 139 Å². The van der Waals surface area contributed by atoms with E-state index in [-0.39, 0.29) is 17.6 Å². The first kappa shape index (κ1) is 15.8. The normalized spacial score (nSPS) is 14.9. The highest BCUT2D eigenvalue weighted by atomic mass is 35.5. The molecule has 0 radical (unpaired) electrons. The highest BCUT2D eigenvalue weighted by molar-refractivity contribution is 6.31. The quantitative estimate of drug-likeness (QED) is 0.912. The van der Waals surface area contributed by atoms with Gasteiger partial charge < -0.3 is 10.1 Å². The number of methoxy groups -OCH3 is 1. The maximum Gasteiger partial charge on any atom is 0.277 e. The van der Waals surface area contributed by atoms with Crippen molar-refractivity contribution in [3.8, 4) is 5.88 Å². The van der Waals surface area contributed by atoms with Gasteiger partial charge in [-0.05, 0) is 24.5 Å². The fourth-order valence-corrected chi connectivity index (χ4v) is 3.06. The molecule has 1 aliphatic carbocycles. The van der Waals surface area contributed by atoms with Crippen molar-refractivity contribution in [2.24, 2.45) is 0 Å². The molecule has 122 valence electrons. The SMILES string of the molecule is COc1c(C(=O)NC2CCCC2)nnn1Cc1ccccc1Cl. The number of nitrogens with zero attached hydrogens (tertiary/aromatic N) is 3. The molecular formula is C16H19ClN4O2. The molecule has 2 aromatic rings. The number of rotatable bonds is 5. The van der Waals surface area contributed by atoms with Gasteiger partial charge in [0.15, 0.2) is 0 Å². The number of amides is 1. The summed E-state index contributed by atoms with van der Waals surface area (Å²) in [7, 11) is 1.51. The number of hydrogen-bond donors (Lipinski definition) is 1. The highest BCUT2D eigenvalue weighted by Crippen LogP contribution is 2.22. The van der Waals surface area contributed by atoms with Crippen LogP contribution in [0.15, 0.2) is 24.3 Å². The lowest BCUT2D eigenvalue weighted by Crippen LogP contribution is -2.33. The molecule has 1 N–H and O–H groups in total. The van der Waals surface area contributed by atoms with Crippen LogP contribution in [0.1, 0.15) is 41.7 Å². The molecule has 1 saturated carbocycles. The molecule has 7 heteroatoms. The number of carbonyl (C=O) groups is 1. The lowest BCUT2D eigenvalue weighted by molar-refractivity contribution is 0.0929. The second-order valence-electron chi connectivity index (χ2n) is 5.65. The number of halogens is 1. The number of hydrogen-bond acceptors (Lipinski definition) is 4. The van der Waals surface area contributed by atoms with Crippen molar-refractivity contribution in [3.05, 3.63) is 40.5 Å². The molecule has 0 spiro atoms. The summed E-state index contributed by atoms with van der Waals surface area (Å²) < 4.78 is 6.89. The van der Waals surface area contributed by atoms with Crippen LogP contribution in [-0.2, 0) is 6.54 Å². The Morgan fingerprint density at radius 1 is 1.39 bits per heavy atom. The maximum atomic E-state index is 12.4. The van der Waals surface area contributed by atoms with Crippen molar-refractivity contribution in [1.29, 1.82) is 0 Å². The first-order chi connectivity index (χ1) is 11.2. The van der Waals surface area contributed by atoms with Crippen LogP contribution in [0.25, 0.3) is 0 Å². The third kappa shape index (κ3) is 3.47. The van der Waals surface area contributed by atoms with Crippen molar-refractivity contribution in [1.82, 2.24) is 20.3 Å². The molecule has 0 saturated heterocycles. The molecule has 1 fully saturated rings. The molecule has 0 aliphatic heterocycles. The van der Waals surface area contributed by atoms with Crippen LogP contribution < -0.4 is 10.1 Å². The van der Waals surface area contributed by atoms with Gasteiger partial charge in [0.05, 0.1) is 13.7 Å². The zero-order chi connectivity index (χ0) is 16.2. The molecule has 1 heterocycles. The van der Waals surface area contributed by atoms with Crippen LogP contribution >= 0.6 is 11.6 Å². The molecule has 0 bridgehead atoms. The lowest BCUT2D eigenvalue weighted by Gasteiger charge is -2.11. The van der Waals surface area contributed by atoms with E-state index in [1.807, 2.05) is 24.3 Å². The summed E-state index contributed by atoms with van der Waals surface area (Å²) in [4.78, 5) is 12.4. The first-order valence-corrected chi connectivity index (χ1v) is 8.08. The zero-order valence-electron chi connectivity index (χ0n) is 13.0. The van der Waals surface area contributed by atoms with E-state index in [1.54, 1.807) is 4.68 Å². The van der Waals surface area contributed by atoms with Gasteiger partial charge >= 0.3 is 0 Å². The van der Waals surface area contributed by atoms with Gasteiger partial charge in [-0.2, -0.15) is 0 Å². The molecular weight excluding hydrogens is 316 g/mol. The van der Waals surface area contributed by atoms with Gasteiger partial charge in [0, 0.05) is 11.1 Å². The number of carbonyl (C=O) groups excluding carboxylic acids is 1. The van der Waals surface area contributed by atoms with Crippen molar-refractivity contribution < 1.29 is 9.53 Å². The average Bonchev–Trinajstić information content (AvgIpc) is 3.18. The monoisotopic (exact) mass is 334 g/mol. The molecule has 0 unspecified atom stereocenters. The Hall–Kier alpha value is -2.08. The summed E-state index contributed by atoms with van der Waals surface area (Å²) in [6.07, 6.45) is 4.34. The summed E-state index contributed by atoms with van der Waals surface area (Å²) in [5, 5.41) is 11.7. The van der Waals surface area contributed by atoms with Gasteiger partial charge in [0.25, 0.3) is 5.91 Å². The van der Waals surface area contributed by atoms with Crippen LogP contribution in [-0.4, -0.2) is 34.1 Å². The van der Waals surface area contributed by atoms with Crippen LogP contribution in [0.5, 0.6) is 5.88 Å². The second-order valence-corrected chi connectivity index (χ2v) is 6.06. The molecule has 1 aliphatic rings. The Balaban J connectivity index is 1.79. The van der Waals surface area contributed by atoms with E-state index >= 15 is 0 Å². The molecule has 1 amide bonds. The molecule has 1 aromatic carbocycles. The minimum absolute atomic E-state index is 0.214. The number of aromatic nitrogens is 3. The van der Waals surface area contributed by atoms with Gasteiger partial charge in [-0.3, -0.25) is 4.79 Å². The van der Waals surface area contributed by atoms with Crippen LogP contribution in [0.2, 0.25) is 5.02 Å². The summed E-state index contributed by atoms with van der Waals surface area (Å²) in [5.74, 6) is 0.111. The predicted molar refractivity (Wildman–Crippen MR) is 86.9 cm³/mol. The number of benzene rings is 1. The highest BCUT2D eigenvalue weighted by Gasteiger charge is 2.24. The fourth-order valence-electron chi connectivity index (χ4n) is 2.86. The van der Waals surface area contributed by atoms with Gasteiger partial charge in [-0.1, -0.05) is 47.9 Å². The molecule has 6 nitrogen and oxygen atoms in total. The summed E-state index contributed by atoms with van der Waals surface area (Å²) in [5.41, 5.74) is 1.10. The van der Waals surface area contributed by atoms with Gasteiger partial charge in [0.2, 0.25) is 11.6 Å². The van der Waals surface area contributed by atoms with E-state index in [0.717, 1.165) is 31.2 Å². The van der Waals surface area contributed by atoms with Crippen molar-refractivity contribution >= 4 is 17.5 Å². The van der Waals surface area contributed by atoms with Crippen molar-refractivity contribution in [2.75, 3.05) is 7.11 Å². The molecule has 23 heavy (non-hydrogen) atoms. The lowest BCUT2D eigenvalue weighted by atomic mass is 10.2. The average molecular weight is 335 g/mol. The van der Waals surface area contributed by atoms with E-state index in [1.165, 1.54) is 7.11 Å². The standard InChI is InChI=1S/C16H19ClN4O2/c1-23-16-14(15(22)18-12-7-3-4-8-12)19-20-21(16)10-11-6-2-5-9-13(11)17/h2,5-6,9,12H,3-4,7-8,10H2,1H3,(H,18,22). The number of nitrogens with one attached hydrogen (secondary N) is 1. The summed E-state index contributed by atoms with van der Waals surface area (Å²) in [6, 6.07) is 7.71. The Morgan fingerprint density at radius 2 is 2.13 bits per heavy atom. The Kier molecular flexibility index (Phi) is 4.81. The van der Waals surface area contributed by atoms with Crippen molar-refractivity contribution in [3.63, 3.8) is 0 Å². The smallest absolute Gasteiger partial charge is 0.277 e. The second kappa shape index (κ2) is 7.00. The Bertz CT molecular complexity index is 695. The van der Waals surface area contributed by atoms with Gasteiger partial charge in [0.1, 0.15) is 0 Å². The predicted octanol–water partition coefficient (Wildman–Crippen LogP) is 2.66. The Morgan fingerprint density at radius 3 is 2.83 bits per heavy atom. The molecule has 3 rings (SSSR count). The maximum absolute atomic E-state index is 12.4. The van der Waals surface area contributed by atoms with E-state index in [9.17, 15) is 4.79 Å². The van der Waals surface area contributed by atoms with Gasteiger partial charge in [-0.25, -0.2) is 4.68 Å². The van der Waals surface area contributed by atoms with Crippen LogP contribution in [0.4, 0.5) is 0 Å². The molecule has 1 aromatic heterocycles. The van der Waals surface area contributed by atoms with Crippen LogP contribution in [0, 0.1) is 0 Å². The third-order valence-corrected chi connectivity index (χ3v) is 4.44. The zero-order valence-corrected chi connectivity index (χ0v) is 13.7. The largest absolute Gasteiger partial charge is 0.479 e. The van der Waals surface area contributed by atoms with E-state index in [2.05, 4.69) is 15.6 Å². The first-order valence-electron chi connectivity index (χ1n) is 7.70. The molecule has 0 atom stereocenters. The fraction of sp³-hybridized carbons (Fsp3) is 0.438. The van der Waals surface area contributed by atoms with E-state index in [4.69, 9.17) is 16.3 Å².